The number of hydrogen-bond acceptors (Lipinski definition) is 1. The summed E-state index contributed by atoms with van der Waals surface area (Å²) in [5.41, 5.74) is 5.91. The van der Waals surface area contributed by atoms with Crippen LogP contribution in [-0.4, -0.2) is 12.3 Å². The number of benzene rings is 2. The maximum atomic E-state index is 6.27. The largest absolute Gasteiger partial charge is 0.284 e. The van der Waals surface area contributed by atoms with Gasteiger partial charge in [-0.2, -0.15) is 0 Å². The van der Waals surface area contributed by atoms with Crippen molar-refractivity contribution in [3.63, 3.8) is 0 Å². The number of nitrogens with zero attached hydrogens (tertiary/aromatic N) is 1. The second kappa shape index (κ2) is 4.58. The Bertz CT molecular complexity index is 611. The fourth-order valence-corrected chi connectivity index (χ4v) is 2.63. The van der Waals surface area contributed by atoms with Gasteiger partial charge >= 0.3 is 0 Å². The number of fused-ring (bicyclic) bond motifs is 1. The van der Waals surface area contributed by atoms with Gasteiger partial charge in [-0.1, -0.05) is 53.6 Å². The molecule has 1 heterocycles. The molecule has 2 aromatic carbocycles. The Labute approximate surface area is 112 Å². The summed E-state index contributed by atoms with van der Waals surface area (Å²) < 4.78 is 0. The predicted octanol–water partition coefficient (Wildman–Crippen LogP) is 4.04. The summed E-state index contributed by atoms with van der Waals surface area (Å²) in [7, 11) is 0. The van der Waals surface area contributed by atoms with E-state index in [0.29, 0.717) is 0 Å². The van der Waals surface area contributed by atoms with E-state index in [1.165, 1.54) is 22.3 Å². The van der Waals surface area contributed by atoms with Gasteiger partial charge in [0.05, 0.1) is 5.71 Å². The van der Waals surface area contributed by atoms with Gasteiger partial charge in [-0.3, -0.25) is 4.99 Å². The molecule has 18 heavy (non-hydrogen) atoms. The summed E-state index contributed by atoms with van der Waals surface area (Å²) in [4.78, 5) is 4.67. The molecule has 90 valence electrons. The highest BCUT2D eigenvalue weighted by Gasteiger charge is 2.17. The first-order valence-corrected chi connectivity index (χ1v) is 6.53. The smallest absolute Gasteiger partial charge is 0.0722 e. The SMILES string of the molecule is Cc1ccc(C2=NCCc3c(Cl)cccc32)cc1. The van der Waals surface area contributed by atoms with Gasteiger partial charge in [0.1, 0.15) is 0 Å². The maximum absolute atomic E-state index is 6.27. The second-order valence-electron chi connectivity index (χ2n) is 4.61. The van der Waals surface area contributed by atoms with Crippen molar-refractivity contribution in [2.24, 2.45) is 4.99 Å². The molecule has 1 aliphatic rings. The number of rotatable bonds is 1. The summed E-state index contributed by atoms with van der Waals surface area (Å²) in [5.74, 6) is 0. The number of hydrogen-bond donors (Lipinski definition) is 0. The van der Waals surface area contributed by atoms with Crippen LogP contribution in [0.5, 0.6) is 0 Å². The van der Waals surface area contributed by atoms with Gasteiger partial charge in [-0.25, -0.2) is 0 Å². The van der Waals surface area contributed by atoms with Crippen LogP contribution in [0.15, 0.2) is 47.5 Å². The zero-order chi connectivity index (χ0) is 12.5. The van der Waals surface area contributed by atoms with Crippen LogP contribution < -0.4 is 0 Å². The van der Waals surface area contributed by atoms with Crippen LogP contribution in [0.1, 0.15) is 22.3 Å². The lowest BCUT2D eigenvalue weighted by atomic mass is 9.93. The molecule has 0 bridgehead atoms. The summed E-state index contributed by atoms with van der Waals surface area (Å²) >= 11 is 6.27. The monoisotopic (exact) mass is 255 g/mol. The lowest BCUT2D eigenvalue weighted by molar-refractivity contribution is 0.944. The molecule has 0 N–H and O–H groups in total. The Morgan fingerprint density at radius 1 is 1.06 bits per heavy atom. The zero-order valence-electron chi connectivity index (χ0n) is 10.3. The van der Waals surface area contributed by atoms with Crippen molar-refractivity contribution in [2.45, 2.75) is 13.3 Å². The Balaban J connectivity index is 2.12. The quantitative estimate of drug-likeness (QED) is 0.729. The minimum atomic E-state index is 0.819. The predicted molar refractivity (Wildman–Crippen MR) is 76.8 cm³/mol. The van der Waals surface area contributed by atoms with Gasteiger partial charge in [0.15, 0.2) is 0 Å². The lowest BCUT2D eigenvalue weighted by Crippen LogP contribution is -2.14. The van der Waals surface area contributed by atoms with E-state index >= 15 is 0 Å². The lowest BCUT2D eigenvalue weighted by Gasteiger charge is -2.18. The Hall–Kier alpha value is -1.60. The third kappa shape index (κ3) is 1.95. The van der Waals surface area contributed by atoms with E-state index in [0.717, 1.165) is 23.7 Å². The standard InChI is InChI=1S/C16H14ClN/c1-11-5-7-12(8-6-11)16-14-3-2-4-15(17)13(14)9-10-18-16/h2-8H,9-10H2,1H3. The first kappa shape index (κ1) is 11.5. The van der Waals surface area contributed by atoms with Gasteiger partial charge in [0.2, 0.25) is 0 Å². The van der Waals surface area contributed by atoms with Crippen LogP contribution in [0.3, 0.4) is 0 Å². The van der Waals surface area contributed by atoms with E-state index in [1.807, 2.05) is 12.1 Å². The molecule has 0 saturated carbocycles. The van der Waals surface area contributed by atoms with E-state index < -0.39 is 0 Å². The Morgan fingerprint density at radius 3 is 2.61 bits per heavy atom. The van der Waals surface area contributed by atoms with E-state index in [1.54, 1.807) is 0 Å². The molecule has 0 atom stereocenters. The summed E-state index contributed by atoms with van der Waals surface area (Å²) in [6, 6.07) is 14.6. The third-order valence-electron chi connectivity index (χ3n) is 3.33. The Morgan fingerprint density at radius 2 is 1.83 bits per heavy atom. The fraction of sp³-hybridized carbons (Fsp3) is 0.188. The molecule has 1 nitrogen and oxygen atoms in total. The minimum Gasteiger partial charge on any atom is -0.284 e. The third-order valence-corrected chi connectivity index (χ3v) is 3.68. The molecule has 0 fully saturated rings. The molecule has 0 aliphatic carbocycles. The molecule has 0 radical (unpaired) electrons. The van der Waals surface area contributed by atoms with Crippen LogP contribution in [-0.2, 0) is 6.42 Å². The summed E-state index contributed by atoms with van der Waals surface area (Å²) in [6.45, 7) is 2.91. The fourth-order valence-electron chi connectivity index (χ4n) is 2.36. The van der Waals surface area contributed by atoms with Crippen molar-refractivity contribution in [3.8, 4) is 0 Å². The van der Waals surface area contributed by atoms with Crippen molar-refractivity contribution in [2.75, 3.05) is 6.54 Å². The van der Waals surface area contributed by atoms with Gasteiger partial charge < -0.3 is 0 Å². The van der Waals surface area contributed by atoms with Gasteiger partial charge in [-0.15, -0.1) is 0 Å². The van der Waals surface area contributed by atoms with Gasteiger partial charge in [-0.05, 0) is 25.0 Å². The summed E-state index contributed by atoms with van der Waals surface area (Å²) in [6.07, 6.45) is 0.935. The zero-order valence-corrected chi connectivity index (χ0v) is 11.0. The van der Waals surface area contributed by atoms with Crippen LogP contribution in [0, 0.1) is 6.92 Å². The van der Waals surface area contributed by atoms with E-state index in [4.69, 9.17) is 11.6 Å². The molecule has 0 amide bonds. The van der Waals surface area contributed by atoms with Crippen LogP contribution in [0.25, 0.3) is 0 Å². The minimum absolute atomic E-state index is 0.819. The molecule has 1 aliphatic heterocycles. The molecule has 2 heteroatoms. The van der Waals surface area contributed by atoms with E-state index in [2.05, 4.69) is 42.2 Å². The Kier molecular flexibility index (Phi) is 2.92. The molecule has 0 unspecified atom stereocenters. The van der Waals surface area contributed by atoms with Crippen molar-refractivity contribution in [3.05, 3.63) is 69.7 Å². The number of halogens is 1. The van der Waals surface area contributed by atoms with Crippen molar-refractivity contribution in [1.82, 2.24) is 0 Å². The highest BCUT2D eigenvalue weighted by molar-refractivity contribution is 6.32. The van der Waals surface area contributed by atoms with Crippen LogP contribution in [0.4, 0.5) is 0 Å². The first-order chi connectivity index (χ1) is 8.75. The van der Waals surface area contributed by atoms with E-state index in [9.17, 15) is 0 Å². The average Bonchev–Trinajstić information content (AvgIpc) is 2.40. The number of aliphatic imine (C=N–C) groups is 1. The van der Waals surface area contributed by atoms with Crippen molar-refractivity contribution >= 4 is 17.3 Å². The average molecular weight is 256 g/mol. The highest BCUT2D eigenvalue weighted by atomic mass is 35.5. The normalized spacial score (nSPS) is 14.0. The van der Waals surface area contributed by atoms with Crippen molar-refractivity contribution in [1.29, 1.82) is 0 Å². The van der Waals surface area contributed by atoms with Gasteiger partial charge in [0.25, 0.3) is 0 Å². The van der Waals surface area contributed by atoms with Gasteiger partial charge in [0, 0.05) is 22.7 Å². The molecular weight excluding hydrogens is 242 g/mol. The van der Waals surface area contributed by atoms with Crippen molar-refractivity contribution < 1.29 is 0 Å². The molecule has 0 aromatic heterocycles. The summed E-state index contributed by atoms with van der Waals surface area (Å²) in [5, 5.41) is 0.854. The van der Waals surface area contributed by atoms with E-state index in [-0.39, 0.29) is 0 Å². The highest BCUT2D eigenvalue weighted by Crippen LogP contribution is 2.26. The second-order valence-corrected chi connectivity index (χ2v) is 5.02. The molecular formula is C16H14ClN. The topological polar surface area (TPSA) is 12.4 Å². The van der Waals surface area contributed by atoms with Crippen LogP contribution >= 0.6 is 11.6 Å². The molecule has 3 rings (SSSR count). The maximum Gasteiger partial charge on any atom is 0.0722 e. The van der Waals surface area contributed by atoms with Crippen LogP contribution in [0.2, 0.25) is 5.02 Å². The molecule has 0 saturated heterocycles. The molecule has 2 aromatic rings. The first-order valence-electron chi connectivity index (χ1n) is 6.15. The number of aryl methyl sites for hydroxylation is 1. The molecule has 0 spiro atoms.